The molecule has 2 aliphatic heterocycles. The number of ether oxygens (including phenoxy) is 1. The van der Waals surface area contributed by atoms with Crippen molar-refractivity contribution >= 4 is 34.4 Å². The van der Waals surface area contributed by atoms with E-state index in [9.17, 15) is 9.59 Å². The van der Waals surface area contributed by atoms with Gasteiger partial charge < -0.3 is 9.64 Å². The molecule has 134 valence electrons. The highest BCUT2D eigenvalue weighted by atomic mass is 32.1. The number of anilines is 1. The highest BCUT2D eigenvalue weighted by Crippen LogP contribution is 2.37. The van der Waals surface area contributed by atoms with Crippen LogP contribution in [-0.4, -0.2) is 43.0 Å². The van der Waals surface area contributed by atoms with Gasteiger partial charge in [-0.2, -0.15) is 0 Å². The molecule has 0 unspecified atom stereocenters. The average molecular weight is 368 g/mol. The molecular weight excluding hydrogens is 348 g/mol. The Morgan fingerprint density at radius 3 is 2.50 bits per heavy atom. The van der Waals surface area contributed by atoms with E-state index >= 15 is 0 Å². The summed E-state index contributed by atoms with van der Waals surface area (Å²) in [7, 11) is 0. The number of imide groups is 1. The molecule has 5 nitrogen and oxygen atoms in total. The first-order valence-electron chi connectivity index (χ1n) is 8.65. The number of benzene rings is 1. The molecule has 0 saturated carbocycles. The highest BCUT2D eigenvalue weighted by molar-refractivity contribution is 7.11. The molecule has 0 aliphatic carbocycles. The van der Waals surface area contributed by atoms with Gasteiger partial charge in [0.15, 0.2) is 0 Å². The van der Waals surface area contributed by atoms with Crippen LogP contribution in [0.15, 0.2) is 41.4 Å². The molecule has 3 heterocycles. The second-order valence-corrected chi connectivity index (χ2v) is 7.48. The summed E-state index contributed by atoms with van der Waals surface area (Å²) in [6.45, 7) is 6.24. The quantitative estimate of drug-likeness (QED) is 0.782. The summed E-state index contributed by atoms with van der Waals surface area (Å²) in [5, 5.41) is 1.93. The molecule has 0 spiro atoms. The Labute approximate surface area is 156 Å². The number of amides is 2. The van der Waals surface area contributed by atoms with Gasteiger partial charge in [-0.3, -0.25) is 9.59 Å². The summed E-state index contributed by atoms with van der Waals surface area (Å²) in [6, 6.07) is 9.64. The zero-order valence-corrected chi connectivity index (χ0v) is 15.6. The monoisotopic (exact) mass is 368 g/mol. The predicted octanol–water partition coefficient (Wildman–Crippen LogP) is 2.98. The lowest BCUT2D eigenvalue weighted by molar-refractivity contribution is -0.121. The molecule has 0 bridgehead atoms. The van der Waals surface area contributed by atoms with Crippen LogP contribution in [-0.2, 0) is 14.3 Å². The molecule has 2 aromatic rings. The second-order valence-electron chi connectivity index (χ2n) is 6.54. The number of rotatable bonds is 3. The van der Waals surface area contributed by atoms with Gasteiger partial charge in [-0.25, -0.2) is 4.90 Å². The van der Waals surface area contributed by atoms with Crippen molar-refractivity contribution in [2.75, 3.05) is 31.2 Å². The summed E-state index contributed by atoms with van der Waals surface area (Å²) in [4.78, 5) is 30.8. The molecule has 1 fully saturated rings. The lowest BCUT2D eigenvalue weighted by Crippen LogP contribution is -2.40. The van der Waals surface area contributed by atoms with Crippen molar-refractivity contribution in [1.29, 1.82) is 0 Å². The number of nitrogens with zero attached hydrogens (tertiary/aromatic N) is 2. The molecule has 0 N–H and O–H groups in total. The molecular formula is C20H20N2O3S. The lowest BCUT2D eigenvalue weighted by Gasteiger charge is -2.29. The molecule has 1 aromatic carbocycles. The van der Waals surface area contributed by atoms with E-state index in [2.05, 4.69) is 0 Å². The first-order chi connectivity index (χ1) is 12.6. The van der Waals surface area contributed by atoms with Crippen LogP contribution in [0.2, 0.25) is 0 Å². The number of aryl methyl sites for hydroxylation is 2. The Hall–Kier alpha value is -2.44. The molecule has 4 rings (SSSR count). The Morgan fingerprint density at radius 2 is 1.81 bits per heavy atom. The first-order valence-corrected chi connectivity index (χ1v) is 9.53. The van der Waals surface area contributed by atoms with E-state index in [0.717, 1.165) is 16.0 Å². The van der Waals surface area contributed by atoms with Crippen molar-refractivity contribution in [3.8, 4) is 0 Å². The summed E-state index contributed by atoms with van der Waals surface area (Å²) in [5.74, 6) is -0.485. The van der Waals surface area contributed by atoms with Gasteiger partial charge in [-0.05, 0) is 42.5 Å². The Balaban J connectivity index is 1.84. The SMILES string of the molecule is Cc1ccc(C)c(N2C(=O)C(c3cccs3)=C(N3CCOCC3)C2=O)c1. The van der Waals surface area contributed by atoms with Gasteiger partial charge in [0.25, 0.3) is 11.8 Å². The van der Waals surface area contributed by atoms with E-state index in [1.165, 1.54) is 16.2 Å². The van der Waals surface area contributed by atoms with Crippen molar-refractivity contribution in [2.45, 2.75) is 13.8 Å². The van der Waals surface area contributed by atoms with Crippen LogP contribution in [0.25, 0.3) is 5.57 Å². The van der Waals surface area contributed by atoms with E-state index in [1.807, 2.05) is 54.5 Å². The summed E-state index contributed by atoms with van der Waals surface area (Å²) < 4.78 is 5.42. The van der Waals surface area contributed by atoms with Crippen molar-refractivity contribution < 1.29 is 14.3 Å². The minimum atomic E-state index is -0.243. The number of morpholine rings is 1. The largest absolute Gasteiger partial charge is 0.378 e. The van der Waals surface area contributed by atoms with Gasteiger partial charge in [0, 0.05) is 18.0 Å². The third-order valence-corrected chi connectivity index (χ3v) is 5.65. The van der Waals surface area contributed by atoms with E-state index < -0.39 is 0 Å². The third kappa shape index (κ3) is 2.75. The second kappa shape index (κ2) is 6.70. The smallest absolute Gasteiger partial charge is 0.282 e. The van der Waals surface area contributed by atoms with Crippen molar-refractivity contribution in [1.82, 2.24) is 4.90 Å². The maximum absolute atomic E-state index is 13.4. The van der Waals surface area contributed by atoms with Gasteiger partial charge in [-0.15, -0.1) is 11.3 Å². The molecule has 6 heteroatoms. The number of thiophene rings is 1. The van der Waals surface area contributed by atoms with E-state index in [4.69, 9.17) is 4.74 Å². The standard InChI is InChI=1S/C20H20N2O3S/c1-13-5-6-14(2)15(12-13)22-19(23)17(16-4-3-11-26-16)18(20(22)24)21-7-9-25-10-8-21/h3-6,11-12H,7-10H2,1-2H3. The fraction of sp³-hybridized carbons (Fsp3) is 0.300. The number of carbonyl (C=O) groups is 2. The number of hydrogen-bond donors (Lipinski definition) is 0. The van der Waals surface area contributed by atoms with Gasteiger partial charge in [0.05, 0.1) is 24.5 Å². The van der Waals surface area contributed by atoms with Gasteiger partial charge in [-0.1, -0.05) is 18.2 Å². The van der Waals surface area contributed by atoms with Gasteiger partial charge in [0.2, 0.25) is 0 Å². The van der Waals surface area contributed by atoms with Gasteiger partial charge >= 0.3 is 0 Å². The van der Waals surface area contributed by atoms with Crippen LogP contribution >= 0.6 is 11.3 Å². The van der Waals surface area contributed by atoms with Crippen LogP contribution < -0.4 is 4.90 Å². The third-order valence-electron chi connectivity index (χ3n) is 4.76. The van der Waals surface area contributed by atoms with Crippen LogP contribution in [0, 0.1) is 13.8 Å². The normalized spacial score (nSPS) is 18.2. The fourth-order valence-electron chi connectivity index (χ4n) is 3.42. The van der Waals surface area contributed by atoms with Crippen molar-refractivity contribution in [3.63, 3.8) is 0 Å². The zero-order chi connectivity index (χ0) is 18.3. The molecule has 1 saturated heterocycles. The predicted molar refractivity (Wildman–Crippen MR) is 102 cm³/mol. The maximum Gasteiger partial charge on any atom is 0.282 e. The summed E-state index contributed by atoms with van der Waals surface area (Å²) >= 11 is 1.48. The van der Waals surface area contributed by atoms with Crippen LogP contribution in [0.3, 0.4) is 0 Å². The van der Waals surface area contributed by atoms with Crippen molar-refractivity contribution in [3.05, 3.63) is 57.4 Å². The molecule has 26 heavy (non-hydrogen) atoms. The van der Waals surface area contributed by atoms with E-state index in [0.29, 0.717) is 43.3 Å². The summed E-state index contributed by atoms with van der Waals surface area (Å²) in [5.41, 5.74) is 3.60. The van der Waals surface area contributed by atoms with Crippen LogP contribution in [0.4, 0.5) is 5.69 Å². The molecule has 1 aromatic heterocycles. The van der Waals surface area contributed by atoms with Crippen LogP contribution in [0.1, 0.15) is 16.0 Å². The Bertz CT molecular complexity index is 896. The van der Waals surface area contributed by atoms with Crippen molar-refractivity contribution in [2.24, 2.45) is 0 Å². The molecule has 0 radical (unpaired) electrons. The zero-order valence-electron chi connectivity index (χ0n) is 14.8. The Morgan fingerprint density at radius 1 is 1.04 bits per heavy atom. The topological polar surface area (TPSA) is 49.9 Å². The minimum absolute atomic E-state index is 0.242. The van der Waals surface area contributed by atoms with Crippen LogP contribution in [0.5, 0.6) is 0 Å². The lowest BCUT2D eigenvalue weighted by atomic mass is 10.1. The average Bonchev–Trinajstić information content (AvgIpc) is 3.24. The first kappa shape index (κ1) is 17.0. The fourth-order valence-corrected chi connectivity index (χ4v) is 4.18. The summed E-state index contributed by atoms with van der Waals surface area (Å²) in [6.07, 6.45) is 0. The molecule has 0 atom stereocenters. The molecule has 2 aliphatic rings. The molecule has 2 amide bonds. The van der Waals surface area contributed by atoms with E-state index in [1.54, 1.807) is 0 Å². The number of carbonyl (C=O) groups excluding carboxylic acids is 2. The maximum atomic E-state index is 13.4. The van der Waals surface area contributed by atoms with Gasteiger partial charge in [0.1, 0.15) is 5.70 Å². The van der Waals surface area contributed by atoms with E-state index in [-0.39, 0.29) is 11.8 Å². The Kier molecular flexibility index (Phi) is 4.38. The number of hydrogen-bond acceptors (Lipinski definition) is 5. The minimum Gasteiger partial charge on any atom is -0.378 e. The highest BCUT2D eigenvalue weighted by Gasteiger charge is 2.43.